The molecule has 0 saturated carbocycles. The summed E-state index contributed by atoms with van der Waals surface area (Å²) in [6.45, 7) is 11.5. The number of tetrazole rings is 1. The first kappa shape index (κ1) is 17.0. The Balaban J connectivity index is 1.76. The lowest BCUT2D eigenvalue weighted by Gasteiger charge is -2.33. The van der Waals surface area contributed by atoms with Crippen molar-refractivity contribution >= 4 is 0 Å². The van der Waals surface area contributed by atoms with Gasteiger partial charge in [0.05, 0.1) is 13.1 Å². The Morgan fingerprint density at radius 2 is 1.83 bits per heavy atom. The summed E-state index contributed by atoms with van der Waals surface area (Å²) in [4.78, 5) is 3.37. The van der Waals surface area contributed by atoms with Gasteiger partial charge in [-0.25, -0.2) is 4.68 Å². The average Bonchev–Trinajstić information content (AvgIpc) is 3.08. The molecule has 0 spiro atoms. The molecule has 1 atom stereocenters. The van der Waals surface area contributed by atoms with E-state index < -0.39 is 0 Å². The van der Waals surface area contributed by atoms with Crippen LogP contribution in [-0.2, 0) is 6.54 Å². The summed E-state index contributed by atoms with van der Waals surface area (Å²) >= 11 is 0. The summed E-state index contributed by atoms with van der Waals surface area (Å²) in [5.41, 5.74) is 1.25. The van der Waals surface area contributed by atoms with E-state index in [-0.39, 0.29) is 0 Å². The minimum Gasteiger partial charge on any atom is -0.326 e. The van der Waals surface area contributed by atoms with Crippen molar-refractivity contribution in [2.75, 3.05) is 32.7 Å². The van der Waals surface area contributed by atoms with Crippen molar-refractivity contribution in [2.24, 2.45) is 0 Å². The van der Waals surface area contributed by atoms with E-state index in [9.17, 15) is 0 Å². The third kappa shape index (κ3) is 3.99. The molecule has 1 saturated heterocycles. The van der Waals surface area contributed by atoms with Gasteiger partial charge in [0, 0.05) is 6.42 Å². The molecule has 3 rings (SSSR count). The highest BCUT2D eigenvalue weighted by molar-refractivity contribution is 5.15. The lowest BCUT2D eigenvalue weighted by Crippen LogP contribution is -3.28. The lowest BCUT2D eigenvalue weighted by molar-refractivity contribution is -1.03. The number of nitrogens with zero attached hydrogens (tertiary/aromatic N) is 4. The van der Waals surface area contributed by atoms with Crippen molar-refractivity contribution in [3.8, 4) is 0 Å². The zero-order valence-electron chi connectivity index (χ0n) is 14.9. The number of aromatic nitrogens is 4. The second kappa shape index (κ2) is 8.35. The maximum absolute atomic E-state index is 4.42. The third-order valence-corrected chi connectivity index (χ3v) is 5.22. The summed E-state index contributed by atoms with van der Waals surface area (Å²) in [7, 11) is 0. The highest BCUT2D eigenvalue weighted by Gasteiger charge is 2.33. The molecule has 130 valence electrons. The molecule has 2 aromatic rings. The van der Waals surface area contributed by atoms with Gasteiger partial charge in [0.25, 0.3) is 0 Å². The summed E-state index contributed by atoms with van der Waals surface area (Å²) in [6, 6.07) is 10.9. The van der Waals surface area contributed by atoms with Crippen LogP contribution in [0.1, 0.15) is 44.1 Å². The van der Waals surface area contributed by atoms with E-state index in [4.69, 9.17) is 0 Å². The van der Waals surface area contributed by atoms with Gasteiger partial charge in [-0.1, -0.05) is 43.7 Å². The molecule has 0 unspecified atom stereocenters. The molecular weight excluding hydrogens is 300 g/mol. The zero-order valence-corrected chi connectivity index (χ0v) is 14.9. The third-order valence-electron chi connectivity index (χ3n) is 5.22. The molecule has 24 heavy (non-hydrogen) atoms. The van der Waals surface area contributed by atoms with Gasteiger partial charge in [0.15, 0.2) is 0 Å². The Labute approximate surface area is 144 Å². The van der Waals surface area contributed by atoms with Gasteiger partial charge in [-0.3, -0.25) is 0 Å². The second-order valence-electron chi connectivity index (χ2n) is 6.78. The van der Waals surface area contributed by atoms with Crippen LogP contribution in [-0.4, -0.2) is 52.9 Å². The van der Waals surface area contributed by atoms with Crippen LogP contribution in [0.25, 0.3) is 0 Å². The van der Waals surface area contributed by atoms with E-state index in [1.54, 1.807) is 9.80 Å². The van der Waals surface area contributed by atoms with Crippen LogP contribution in [0.3, 0.4) is 0 Å². The normalized spacial score (nSPS) is 22.4. The molecule has 1 aliphatic heterocycles. The number of likely N-dealkylation sites (N-methyl/N-ethyl adjacent to an activating group) is 1. The summed E-state index contributed by atoms with van der Waals surface area (Å²) in [6.07, 6.45) is 2.31. The van der Waals surface area contributed by atoms with Crippen molar-refractivity contribution < 1.29 is 9.80 Å². The second-order valence-corrected chi connectivity index (χ2v) is 6.78. The summed E-state index contributed by atoms with van der Waals surface area (Å²) < 4.78 is 2.00. The van der Waals surface area contributed by atoms with Gasteiger partial charge < -0.3 is 9.80 Å². The van der Waals surface area contributed by atoms with E-state index in [1.807, 2.05) is 10.7 Å². The predicted octanol–water partition coefficient (Wildman–Crippen LogP) is -0.634. The quantitative estimate of drug-likeness (QED) is 0.710. The standard InChI is InChI=1S/C18H28N6/c1-3-8-17(23-13-11-22(4-2)12-14-23)18-19-20-21-24(18)15-16-9-6-5-7-10-16/h5-7,9-10,17H,3-4,8,11-15H2,1-2H3/p+2/t17-/m0/s1. The molecule has 0 bridgehead atoms. The van der Waals surface area contributed by atoms with Crippen LogP contribution in [0.5, 0.6) is 0 Å². The summed E-state index contributed by atoms with van der Waals surface area (Å²) in [5.74, 6) is 1.05. The molecule has 0 radical (unpaired) electrons. The van der Waals surface area contributed by atoms with Gasteiger partial charge in [0.1, 0.15) is 32.2 Å². The minimum atomic E-state index is 0.409. The van der Waals surface area contributed by atoms with Crippen molar-refractivity contribution in [1.82, 2.24) is 20.2 Å². The van der Waals surface area contributed by atoms with E-state index in [0.717, 1.165) is 25.2 Å². The molecule has 2 N–H and O–H groups in total. The minimum absolute atomic E-state index is 0.409. The number of hydrogen-bond donors (Lipinski definition) is 2. The van der Waals surface area contributed by atoms with Gasteiger partial charge >= 0.3 is 0 Å². The molecule has 1 fully saturated rings. The Bertz CT molecular complexity index is 603. The van der Waals surface area contributed by atoms with Crippen LogP contribution in [0, 0.1) is 0 Å². The first-order valence-electron chi connectivity index (χ1n) is 9.30. The zero-order chi connectivity index (χ0) is 16.8. The Kier molecular flexibility index (Phi) is 5.93. The molecule has 6 nitrogen and oxygen atoms in total. The summed E-state index contributed by atoms with van der Waals surface area (Å²) in [5, 5.41) is 12.7. The Morgan fingerprint density at radius 3 is 2.50 bits per heavy atom. The number of benzene rings is 1. The van der Waals surface area contributed by atoms with Crippen LogP contribution >= 0.6 is 0 Å². The SMILES string of the molecule is CCC[C@@H](c1nnnn1Cc1ccccc1)[NH+]1CC[NH+](CC)CC1. The molecule has 2 heterocycles. The molecule has 0 amide bonds. The van der Waals surface area contributed by atoms with Crippen LogP contribution in [0.4, 0.5) is 0 Å². The monoisotopic (exact) mass is 330 g/mol. The van der Waals surface area contributed by atoms with Gasteiger partial charge in [-0.2, -0.15) is 0 Å². The first-order valence-corrected chi connectivity index (χ1v) is 9.30. The highest BCUT2D eigenvalue weighted by atomic mass is 15.6. The van der Waals surface area contributed by atoms with E-state index in [0.29, 0.717) is 6.04 Å². The molecule has 1 aromatic carbocycles. The fourth-order valence-corrected chi connectivity index (χ4v) is 3.76. The lowest BCUT2D eigenvalue weighted by atomic mass is 10.1. The fraction of sp³-hybridized carbons (Fsp3) is 0.611. The number of piperazine rings is 1. The van der Waals surface area contributed by atoms with E-state index in [2.05, 4.69) is 53.6 Å². The van der Waals surface area contributed by atoms with Gasteiger partial charge in [0.2, 0.25) is 5.82 Å². The predicted molar refractivity (Wildman–Crippen MR) is 92.9 cm³/mol. The highest BCUT2D eigenvalue weighted by Crippen LogP contribution is 2.13. The van der Waals surface area contributed by atoms with Crippen molar-refractivity contribution in [2.45, 2.75) is 39.3 Å². The number of nitrogens with one attached hydrogen (secondary N) is 2. The smallest absolute Gasteiger partial charge is 0.209 e. The number of quaternary nitrogens is 2. The van der Waals surface area contributed by atoms with Crippen LogP contribution in [0.15, 0.2) is 30.3 Å². The Morgan fingerprint density at radius 1 is 1.08 bits per heavy atom. The Hall–Kier alpha value is -1.79. The van der Waals surface area contributed by atoms with Crippen molar-refractivity contribution in [3.63, 3.8) is 0 Å². The first-order chi connectivity index (χ1) is 11.8. The maximum atomic E-state index is 4.42. The van der Waals surface area contributed by atoms with Crippen LogP contribution in [0.2, 0.25) is 0 Å². The average molecular weight is 330 g/mol. The number of rotatable bonds is 7. The van der Waals surface area contributed by atoms with E-state index >= 15 is 0 Å². The van der Waals surface area contributed by atoms with Gasteiger partial charge in [-0.05, 0) is 22.9 Å². The largest absolute Gasteiger partial charge is 0.326 e. The number of hydrogen-bond acceptors (Lipinski definition) is 3. The van der Waals surface area contributed by atoms with Crippen LogP contribution < -0.4 is 9.80 Å². The van der Waals surface area contributed by atoms with Gasteiger partial charge in [-0.15, -0.1) is 5.10 Å². The van der Waals surface area contributed by atoms with E-state index in [1.165, 1.54) is 38.3 Å². The maximum Gasteiger partial charge on any atom is 0.209 e. The molecule has 0 aliphatic carbocycles. The molecule has 1 aromatic heterocycles. The molecule has 1 aliphatic rings. The molecular formula is C18H30N6+2. The van der Waals surface area contributed by atoms with Crippen molar-refractivity contribution in [3.05, 3.63) is 41.7 Å². The fourth-order valence-electron chi connectivity index (χ4n) is 3.76. The topological polar surface area (TPSA) is 52.5 Å². The van der Waals surface area contributed by atoms with Crippen molar-refractivity contribution in [1.29, 1.82) is 0 Å². The molecule has 6 heteroatoms.